The van der Waals surface area contributed by atoms with Crippen molar-refractivity contribution >= 4 is 32.9 Å². The third kappa shape index (κ3) is 4.00. The van der Waals surface area contributed by atoms with Crippen LogP contribution in [0.25, 0.3) is 5.65 Å². The van der Waals surface area contributed by atoms with Crippen molar-refractivity contribution in [3.8, 4) is 0 Å². The van der Waals surface area contributed by atoms with Gasteiger partial charge in [-0.3, -0.25) is 9.69 Å². The molecule has 8 nitrogen and oxygen atoms in total. The van der Waals surface area contributed by atoms with Crippen LogP contribution in [-0.4, -0.2) is 77.1 Å². The average Bonchev–Trinajstić information content (AvgIpc) is 3.54. The summed E-state index contributed by atoms with van der Waals surface area (Å²) in [4.78, 5) is 22.3. The largest absolute Gasteiger partial charge is 0.335 e. The van der Waals surface area contributed by atoms with Gasteiger partial charge in [-0.05, 0) is 36.4 Å². The number of carbonyl (C=O) groups is 1. The fourth-order valence-corrected chi connectivity index (χ4v) is 7.15. The first-order valence-electron chi connectivity index (χ1n) is 10.5. The van der Waals surface area contributed by atoms with Crippen LogP contribution in [0, 0.1) is 0 Å². The number of carbonyl (C=O) groups excluding carboxylic acids is 1. The lowest BCUT2D eigenvalue weighted by Crippen LogP contribution is -2.48. The van der Waals surface area contributed by atoms with E-state index in [1.807, 2.05) is 35.0 Å². The Morgan fingerprint density at radius 3 is 2.55 bits per heavy atom. The molecule has 2 aliphatic rings. The van der Waals surface area contributed by atoms with Gasteiger partial charge >= 0.3 is 0 Å². The summed E-state index contributed by atoms with van der Waals surface area (Å²) in [6.45, 7) is 4.43. The summed E-state index contributed by atoms with van der Waals surface area (Å²) in [6.07, 6.45) is 5.77. The first kappa shape index (κ1) is 20.6. The Balaban J connectivity index is 1.24. The summed E-state index contributed by atoms with van der Waals surface area (Å²) in [6, 6.07) is 7.50. The molecule has 31 heavy (non-hydrogen) atoms. The molecular weight excluding hydrogens is 434 g/mol. The number of thiophene rings is 1. The van der Waals surface area contributed by atoms with Crippen LogP contribution < -0.4 is 0 Å². The lowest BCUT2D eigenvalue weighted by Gasteiger charge is -2.34. The van der Waals surface area contributed by atoms with Crippen LogP contribution in [0.1, 0.15) is 28.2 Å². The molecule has 164 valence electrons. The molecule has 3 aromatic heterocycles. The zero-order valence-corrected chi connectivity index (χ0v) is 18.8. The van der Waals surface area contributed by atoms with E-state index in [-0.39, 0.29) is 10.8 Å². The zero-order chi connectivity index (χ0) is 21.4. The summed E-state index contributed by atoms with van der Waals surface area (Å²) in [5.41, 5.74) is 1.93. The monoisotopic (exact) mass is 459 g/mol. The van der Waals surface area contributed by atoms with Gasteiger partial charge in [-0.25, -0.2) is 13.4 Å². The van der Waals surface area contributed by atoms with Gasteiger partial charge in [0, 0.05) is 58.2 Å². The van der Waals surface area contributed by atoms with Gasteiger partial charge in [0.1, 0.15) is 15.4 Å². The fraction of sp³-hybridized carbons (Fsp3) is 0.429. The number of imidazole rings is 1. The van der Waals surface area contributed by atoms with Crippen molar-refractivity contribution in [1.29, 1.82) is 0 Å². The summed E-state index contributed by atoms with van der Waals surface area (Å²) < 4.78 is 29.5. The molecule has 5 heterocycles. The Labute approximate surface area is 185 Å². The number of fused-ring (bicyclic) bond motifs is 1. The van der Waals surface area contributed by atoms with Crippen molar-refractivity contribution < 1.29 is 13.2 Å². The molecule has 3 aromatic rings. The van der Waals surface area contributed by atoms with Gasteiger partial charge in [0.25, 0.3) is 5.91 Å². The summed E-state index contributed by atoms with van der Waals surface area (Å²) >= 11 is 1.22. The van der Waals surface area contributed by atoms with Crippen molar-refractivity contribution in [2.24, 2.45) is 0 Å². The van der Waals surface area contributed by atoms with Gasteiger partial charge in [-0.15, -0.1) is 11.3 Å². The van der Waals surface area contributed by atoms with E-state index in [0.717, 1.165) is 43.8 Å². The lowest BCUT2D eigenvalue weighted by atomic mass is 10.2. The summed E-state index contributed by atoms with van der Waals surface area (Å²) in [5.74, 6) is -0.180. The smallest absolute Gasteiger partial charge is 0.265 e. The minimum atomic E-state index is -3.60. The molecule has 0 unspecified atom stereocenters. The Kier molecular flexibility index (Phi) is 5.55. The quantitative estimate of drug-likeness (QED) is 0.584. The number of nitrogens with zero attached hydrogens (tertiary/aromatic N) is 5. The highest BCUT2D eigenvalue weighted by Crippen LogP contribution is 2.29. The van der Waals surface area contributed by atoms with E-state index in [9.17, 15) is 13.2 Å². The van der Waals surface area contributed by atoms with Crippen molar-refractivity contribution in [2.75, 3.05) is 39.3 Å². The van der Waals surface area contributed by atoms with Crippen LogP contribution in [0.3, 0.4) is 0 Å². The van der Waals surface area contributed by atoms with Crippen LogP contribution in [0.4, 0.5) is 0 Å². The lowest BCUT2D eigenvalue weighted by molar-refractivity contribution is 0.0628. The van der Waals surface area contributed by atoms with Crippen molar-refractivity contribution in [3.63, 3.8) is 0 Å². The molecule has 0 aromatic carbocycles. The van der Waals surface area contributed by atoms with Crippen LogP contribution >= 0.6 is 11.3 Å². The normalized spacial score (nSPS) is 18.8. The second-order valence-corrected chi connectivity index (χ2v) is 10.8. The van der Waals surface area contributed by atoms with Crippen LogP contribution in [-0.2, 0) is 16.6 Å². The maximum absolute atomic E-state index is 13.1. The van der Waals surface area contributed by atoms with Crippen LogP contribution in [0.5, 0.6) is 0 Å². The molecule has 0 atom stereocenters. The zero-order valence-electron chi connectivity index (χ0n) is 17.2. The van der Waals surface area contributed by atoms with Gasteiger partial charge in [-0.2, -0.15) is 4.31 Å². The fourth-order valence-electron chi connectivity index (χ4n) is 4.27. The second-order valence-electron chi connectivity index (χ2n) is 7.99. The molecule has 0 spiro atoms. The maximum atomic E-state index is 13.1. The third-order valence-corrected chi connectivity index (χ3v) is 8.94. The van der Waals surface area contributed by atoms with E-state index < -0.39 is 10.0 Å². The standard InChI is InChI=1S/C21H25N5O3S2/c27-21(20-18(6-14-30-20)31(28,29)26-8-3-4-9-26)24-12-10-23(11-13-24)15-17-16-25-7-2-1-5-19(25)22-17/h1-2,5-7,14,16H,3-4,8-13,15H2. The van der Waals surface area contributed by atoms with Gasteiger partial charge in [0.2, 0.25) is 10.0 Å². The number of hydrogen-bond donors (Lipinski definition) is 0. The molecular formula is C21H25N5O3S2. The van der Waals surface area contributed by atoms with E-state index in [2.05, 4.69) is 9.88 Å². The number of pyridine rings is 1. The molecule has 0 N–H and O–H groups in total. The van der Waals surface area contributed by atoms with E-state index in [1.54, 1.807) is 16.3 Å². The molecule has 0 bridgehead atoms. The summed E-state index contributed by atoms with van der Waals surface area (Å²) in [5, 5.41) is 1.70. The predicted molar refractivity (Wildman–Crippen MR) is 119 cm³/mol. The molecule has 2 fully saturated rings. The van der Waals surface area contributed by atoms with Crippen molar-refractivity contribution in [3.05, 3.63) is 52.6 Å². The molecule has 2 saturated heterocycles. The maximum Gasteiger partial charge on any atom is 0.265 e. The molecule has 0 saturated carbocycles. The second kappa shape index (κ2) is 8.34. The van der Waals surface area contributed by atoms with Gasteiger partial charge in [-0.1, -0.05) is 6.07 Å². The summed E-state index contributed by atoms with van der Waals surface area (Å²) in [7, 11) is -3.60. The van der Waals surface area contributed by atoms with E-state index in [4.69, 9.17) is 0 Å². The van der Waals surface area contributed by atoms with Gasteiger partial charge in [0.15, 0.2) is 0 Å². The van der Waals surface area contributed by atoms with Gasteiger partial charge < -0.3 is 9.30 Å². The number of piperazine rings is 1. The first-order chi connectivity index (χ1) is 15.0. The van der Waals surface area contributed by atoms with Crippen molar-refractivity contribution in [1.82, 2.24) is 23.5 Å². The number of rotatable bonds is 5. The number of aromatic nitrogens is 2. The topological polar surface area (TPSA) is 78.2 Å². The van der Waals surface area contributed by atoms with Crippen molar-refractivity contribution in [2.45, 2.75) is 24.3 Å². The minimum Gasteiger partial charge on any atom is -0.335 e. The highest BCUT2D eigenvalue weighted by Gasteiger charge is 2.34. The number of sulfonamides is 1. The Morgan fingerprint density at radius 1 is 1.03 bits per heavy atom. The van der Waals surface area contributed by atoms with Crippen LogP contribution in [0.2, 0.25) is 0 Å². The SMILES string of the molecule is O=C(c1sccc1S(=O)(=O)N1CCCC1)N1CCN(Cc2cn3ccccc3n2)CC1. The molecule has 2 aliphatic heterocycles. The molecule has 0 radical (unpaired) electrons. The molecule has 5 rings (SSSR count). The predicted octanol–water partition coefficient (Wildman–Crippen LogP) is 2.14. The minimum absolute atomic E-state index is 0.163. The third-order valence-electron chi connectivity index (χ3n) is 5.97. The number of hydrogen-bond acceptors (Lipinski definition) is 6. The van der Waals surface area contributed by atoms with E-state index in [1.165, 1.54) is 15.6 Å². The van der Waals surface area contributed by atoms with Gasteiger partial charge in [0.05, 0.1) is 5.69 Å². The molecule has 10 heteroatoms. The average molecular weight is 460 g/mol. The first-order valence-corrected chi connectivity index (χ1v) is 12.9. The Bertz CT molecular complexity index is 1160. The Hall–Kier alpha value is -2.27. The number of amides is 1. The highest BCUT2D eigenvalue weighted by molar-refractivity contribution is 7.89. The Morgan fingerprint density at radius 2 is 1.81 bits per heavy atom. The van der Waals surface area contributed by atoms with Crippen LogP contribution in [0.15, 0.2) is 46.9 Å². The molecule has 1 amide bonds. The highest BCUT2D eigenvalue weighted by atomic mass is 32.2. The van der Waals surface area contributed by atoms with E-state index in [0.29, 0.717) is 31.1 Å². The molecule has 0 aliphatic carbocycles. The van der Waals surface area contributed by atoms with E-state index >= 15 is 0 Å².